The third-order valence-corrected chi connectivity index (χ3v) is 5.16. The quantitative estimate of drug-likeness (QED) is 0.404. The normalized spacial score (nSPS) is 11.3. The van der Waals surface area contributed by atoms with E-state index < -0.39 is 0 Å². The molecule has 0 saturated carbocycles. The van der Waals surface area contributed by atoms with Crippen molar-refractivity contribution in [3.8, 4) is 11.3 Å². The topological polar surface area (TPSA) is 117 Å². The average molecular weight is 444 g/mol. The van der Waals surface area contributed by atoms with Crippen LogP contribution < -0.4 is 22.3 Å². The average Bonchev–Trinajstić information content (AvgIpc) is 3.25. The van der Waals surface area contributed by atoms with E-state index in [1.165, 1.54) is 0 Å². The summed E-state index contributed by atoms with van der Waals surface area (Å²) in [5, 5.41) is 10.2. The van der Waals surface area contributed by atoms with Crippen LogP contribution in [0.25, 0.3) is 11.3 Å². The zero-order valence-electron chi connectivity index (χ0n) is 17.9. The fourth-order valence-corrected chi connectivity index (χ4v) is 3.31. The SMILES string of the molecule is CC.Cc1nc(-c2ccc(CN)cc2)cs1.NCc1ccc(C(N)C=CSN)cc1. The number of hydrogen-bond donors (Lipinski definition) is 4. The highest BCUT2D eigenvalue weighted by Crippen LogP contribution is 2.21. The summed E-state index contributed by atoms with van der Waals surface area (Å²) in [5.74, 6) is 0. The minimum Gasteiger partial charge on any atom is -0.326 e. The molecule has 0 aliphatic heterocycles. The number of thiazole rings is 1. The molecule has 1 unspecified atom stereocenters. The Bertz CT molecular complexity index is 858. The van der Waals surface area contributed by atoms with Gasteiger partial charge < -0.3 is 17.2 Å². The van der Waals surface area contributed by atoms with Crippen LogP contribution in [0, 0.1) is 6.92 Å². The number of aromatic nitrogens is 1. The first kappa shape index (κ1) is 26.0. The molecular formula is C23H33N5S2. The molecule has 0 amide bonds. The van der Waals surface area contributed by atoms with Gasteiger partial charge >= 0.3 is 0 Å². The van der Waals surface area contributed by atoms with Crippen LogP contribution in [0.4, 0.5) is 0 Å². The minimum absolute atomic E-state index is 0.0992. The molecule has 1 aromatic heterocycles. The lowest BCUT2D eigenvalue weighted by atomic mass is 10.1. The highest BCUT2D eigenvalue weighted by atomic mass is 32.2. The van der Waals surface area contributed by atoms with Gasteiger partial charge in [-0.25, -0.2) is 4.98 Å². The molecule has 8 N–H and O–H groups in total. The van der Waals surface area contributed by atoms with Crippen molar-refractivity contribution in [3.63, 3.8) is 0 Å². The van der Waals surface area contributed by atoms with Crippen LogP contribution in [-0.4, -0.2) is 4.98 Å². The lowest BCUT2D eigenvalue weighted by Crippen LogP contribution is -2.07. The second-order valence-corrected chi connectivity index (χ2v) is 7.70. The minimum atomic E-state index is -0.0992. The Labute approximate surface area is 188 Å². The molecule has 0 bridgehead atoms. The van der Waals surface area contributed by atoms with Gasteiger partial charge in [0.05, 0.1) is 10.7 Å². The summed E-state index contributed by atoms with van der Waals surface area (Å²) in [4.78, 5) is 4.42. The van der Waals surface area contributed by atoms with Crippen LogP contribution in [0.3, 0.4) is 0 Å². The van der Waals surface area contributed by atoms with Crippen molar-refractivity contribution in [2.75, 3.05) is 0 Å². The Balaban J connectivity index is 0.000000277. The van der Waals surface area contributed by atoms with Gasteiger partial charge in [-0.1, -0.05) is 80.4 Å². The maximum atomic E-state index is 5.89. The van der Waals surface area contributed by atoms with Gasteiger partial charge in [0.25, 0.3) is 0 Å². The lowest BCUT2D eigenvalue weighted by Gasteiger charge is -2.07. The Hall–Kier alpha value is -2.00. The molecule has 0 radical (unpaired) electrons. The molecule has 3 rings (SSSR count). The maximum Gasteiger partial charge on any atom is 0.0901 e. The standard InChI is InChI=1S/C11H12N2S.C10H15N3S.C2H6/c1-8-13-11(7-14-8)10-4-2-9(6-12)3-5-10;11-7-8-1-3-9(4-2-8)10(12)5-6-14-13;1-2/h2-5,7H,6,12H2,1H3;1-6,10H,7,11-13H2;1-2H3. The zero-order valence-corrected chi connectivity index (χ0v) is 19.5. The fraction of sp³-hybridized carbons (Fsp3) is 0.261. The van der Waals surface area contributed by atoms with Gasteiger partial charge in [0.1, 0.15) is 0 Å². The number of rotatable bonds is 6. The molecule has 0 aliphatic carbocycles. The predicted octanol–water partition coefficient (Wildman–Crippen LogP) is 4.87. The summed E-state index contributed by atoms with van der Waals surface area (Å²) in [6.07, 6.45) is 1.86. The van der Waals surface area contributed by atoms with Gasteiger partial charge in [0.2, 0.25) is 0 Å². The second-order valence-electron chi connectivity index (χ2n) is 6.09. The van der Waals surface area contributed by atoms with E-state index in [9.17, 15) is 0 Å². The summed E-state index contributed by atoms with van der Waals surface area (Å²) in [5.41, 5.74) is 22.4. The molecule has 1 atom stereocenters. The maximum absolute atomic E-state index is 5.89. The number of nitrogens with two attached hydrogens (primary N) is 4. The first-order valence-electron chi connectivity index (χ1n) is 9.85. The van der Waals surface area contributed by atoms with Crippen molar-refractivity contribution in [1.82, 2.24) is 4.98 Å². The Morgan fingerprint density at radius 3 is 1.93 bits per heavy atom. The van der Waals surface area contributed by atoms with Crippen molar-refractivity contribution in [2.24, 2.45) is 22.3 Å². The molecule has 5 nitrogen and oxygen atoms in total. The van der Waals surface area contributed by atoms with E-state index in [-0.39, 0.29) is 6.04 Å². The Kier molecular flexibility index (Phi) is 12.9. The summed E-state index contributed by atoms with van der Waals surface area (Å²) >= 11 is 2.83. The molecule has 2 aromatic carbocycles. The molecular weight excluding hydrogens is 410 g/mol. The predicted molar refractivity (Wildman–Crippen MR) is 134 cm³/mol. The van der Waals surface area contributed by atoms with Gasteiger partial charge in [-0.3, -0.25) is 5.14 Å². The van der Waals surface area contributed by atoms with Gasteiger partial charge in [-0.2, -0.15) is 0 Å². The molecule has 30 heavy (non-hydrogen) atoms. The van der Waals surface area contributed by atoms with Crippen LogP contribution in [-0.2, 0) is 13.1 Å². The first-order valence-corrected chi connectivity index (χ1v) is 11.7. The summed E-state index contributed by atoms with van der Waals surface area (Å²) in [7, 11) is 0. The number of benzene rings is 2. The van der Waals surface area contributed by atoms with Crippen LogP contribution in [0.15, 0.2) is 65.4 Å². The van der Waals surface area contributed by atoms with E-state index in [0.717, 1.165) is 44.9 Å². The summed E-state index contributed by atoms with van der Waals surface area (Å²) < 4.78 is 0. The zero-order chi connectivity index (χ0) is 22.4. The third kappa shape index (κ3) is 8.79. The van der Waals surface area contributed by atoms with Crippen LogP contribution in [0.5, 0.6) is 0 Å². The van der Waals surface area contributed by atoms with Crippen LogP contribution >= 0.6 is 23.3 Å². The van der Waals surface area contributed by atoms with Crippen molar-refractivity contribution in [3.05, 3.63) is 87.1 Å². The van der Waals surface area contributed by atoms with E-state index in [0.29, 0.717) is 13.1 Å². The van der Waals surface area contributed by atoms with Crippen molar-refractivity contribution in [1.29, 1.82) is 0 Å². The Morgan fingerprint density at radius 2 is 1.50 bits per heavy atom. The molecule has 3 aromatic rings. The first-order chi connectivity index (χ1) is 14.6. The van der Waals surface area contributed by atoms with E-state index in [1.807, 2.05) is 63.2 Å². The van der Waals surface area contributed by atoms with Crippen molar-refractivity contribution >= 4 is 23.3 Å². The smallest absolute Gasteiger partial charge is 0.0901 e. The Morgan fingerprint density at radius 1 is 0.967 bits per heavy atom. The van der Waals surface area contributed by atoms with Crippen LogP contribution in [0.2, 0.25) is 0 Å². The molecule has 162 valence electrons. The van der Waals surface area contributed by atoms with E-state index >= 15 is 0 Å². The summed E-state index contributed by atoms with van der Waals surface area (Å²) in [6.45, 7) is 7.17. The number of hydrogen-bond acceptors (Lipinski definition) is 7. The van der Waals surface area contributed by atoms with Gasteiger partial charge in [0.15, 0.2) is 0 Å². The molecule has 7 heteroatoms. The second kappa shape index (κ2) is 14.9. The largest absolute Gasteiger partial charge is 0.326 e. The van der Waals surface area contributed by atoms with Crippen molar-refractivity contribution in [2.45, 2.75) is 39.9 Å². The number of nitrogens with zero attached hydrogens (tertiary/aromatic N) is 1. The molecule has 1 heterocycles. The van der Waals surface area contributed by atoms with Gasteiger partial charge in [-0.15, -0.1) is 11.3 Å². The lowest BCUT2D eigenvalue weighted by molar-refractivity contribution is 0.910. The highest BCUT2D eigenvalue weighted by molar-refractivity contribution is 7.99. The van der Waals surface area contributed by atoms with E-state index in [4.69, 9.17) is 22.3 Å². The third-order valence-electron chi connectivity index (χ3n) is 4.07. The molecule has 0 saturated heterocycles. The molecule has 0 aliphatic rings. The van der Waals surface area contributed by atoms with Gasteiger partial charge in [-0.05, 0) is 29.0 Å². The summed E-state index contributed by atoms with van der Waals surface area (Å²) in [6, 6.07) is 16.1. The van der Waals surface area contributed by atoms with E-state index in [2.05, 4.69) is 22.5 Å². The van der Waals surface area contributed by atoms with Crippen LogP contribution in [0.1, 0.15) is 41.6 Å². The fourth-order valence-electron chi connectivity index (χ4n) is 2.42. The molecule has 0 fully saturated rings. The van der Waals surface area contributed by atoms with Gasteiger partial charge in [0, 0.05) is 30.1 Å². The van der Waals surface area contributed by atoms with Crippen molar-refractivity contribution < 1.29 is 0 Å². The number of aryl methyl sites for hydroxylation is 1. The highest BCUT2D eigenvalue weighted by Gasteiger charge is 2.01. The molecule has 0 spiro atoms. The van der Waals surface area contributed by atoms with E-state index in [1.54, 1.807) is 16.7 Å². The monoisotopic (exact) mass is 443 g/mol.